The number of hydrazone groups is 1. The highest BCUT2D eigenvalue weighted by Crippen LogP contribution is 2.16. The Labute approximate surface area is 172 Å². The van der Waals surface area contributed by atoms with Crippen LogP contribution in [-0.2, 0) is 17.9 Å². The summed E-state index contributed by atoms with van der Waals surface area (Å²) in [6, 6.07) is 1.92. The van der Waals surface area contributed by atoms with Gasteiger partial charge in [0, 0.05) is 6.54 Å². The number of hydrogen-bond acceptors (Lipinski definition) is 8. The molecule has 0 aliphatic carbocycles. The fourth-order valence-electron chi connectivity index (χ4n) is 2.97. The van der Waals surface area contributed by atoms with Crippen LogP contribution in [0.15, 0.2) is 27.8 Å². The first-order valence-corrected chi connectivity index (χ1v) is 9.77. The molecule has 1 aliphatic rings. The summed E-state index contributed by atoms with van der Waals surface area (Å²) < 4.78 is 6.65. The number of aromatic nitrogens is 3. The Hall–Kier alpha value is -3.57. The number of carbonyl (C=O) groups excluding carboxylic acids is 2. The summed E-state index contributed by atoms with van der Waals surface area (Å²) in [4.78, 5) is 35.7. The monoisotopic (exact) mass is 417 g/mol. The van der Waals surface area contributed by atoms with Gasteiger partial charge in [-0.05, 0) is 12.5 Å². The molecule has 0 atom stereocenters. The third-order valence-corrected chi connectivity index (χ3v) is 4.55. The number of rotatable bonds is 11. The van der Waals surface area contributed by atoms with E-state index in [1.807, 2.05) is 0 Å². The molecule has 0 saturated carbocycles. The molecule has 0 spiro atoms. The topological polar surface area (TPSA) is 140 Å². The maximum atomic E-state index is 12.5. The molecule has 30 heavy (non-hydrogen) atoms. The van der Waals surface area contributed by atoms with E-state index in [1.54, 1.807) is 10.9 Å². The minimum absolute atomic E-state index is 0.00570. The van der Waals surface area contributed by atoms with Crippen LogP contribution in [0.3, 0.4) is 0 Å². The summed E-state index contributed by atoms with van der Waals surface area (Å²) in [5.74, 6) is -0.755. The van der Waals surface area contributed by atoms with Crippen LogP contribution in [0.4, 0.5) is 10.7 Å². The van der Waals surface area contributed by atoms with Crippen LogP contribution >= 0.6 is 0 Å². The lowest BCUT2D eigenvalue weighted by Gasteiger charge is -2.11. The average molecular weight is 417 g/mol. The van der Waals surface area contributed by atoms with Gasteiger partial charge in [0.05, 0.1) is 25.0 Å². The van der Waals surface area contributed by atoms with Crippen LogP contribution in [-0.4, -0.2) is 54.5 Å². The van der Waals surface area contributed by atoms with Crippen molar-refractivity contribution in [2.24, 2.45) is 5.10 Å². The van der Waals surface area contributed by atoms with Crippen molar-refractivity contribution < 1.29 is 18.9 Å². The number of imide groups is 1. The number of furan rings is 1. The van der Waals surface area contributed by atoms with E-state index < -0.39 is 22.7 Å². The lowest BCUT2D eigenvalue weighted by molar-refractivity contribution is -0.402. The molecular weight excluding hydrogens is 394 g/mol. The fourth-order valence-corrected chi connectivity index (χ4v) is 2.97. The molecule has 3 heterocycles. The molecule has 0 bridgehead atoms. The lowest BCUT2D eigenvalue weighted by Crippen LogP contribution is -2.31. The molecule has 160 valence electrons. The van der Waals surface area contributed by atoms with Crippen molar-refractivity contribution in [2.45, 2.75) is 52.1 Å². The van der Waals surface area contributed by atoms with Crippen LogP contribution in [0.2, 0.25) is 0 Å². The van der Waals surface area contributed by atoms with Crippen molar-refractivity contribution in [3.05, 3.63) is 39.9 Å². The zero-order chi connectivity index (χ0) is 21.5. The molecule has 0 radical (unpaired) electrons. The zero-order valence-electron chi connectivity index (χ0n) is 16.6. The first-order chi connectivity index (χ1) is 14.5. The van der Waals surface area contributed by atoms with E-state index in [0.717, 1.165) is 35.5 Å². The van der Waals surface area contributed by atoms with Crippen LogP contribution < -0.4 is 0 Å². The predicted octanol–water partition coefficient (Wildman–Crippen LogP) is 2.55. The number of nitro groups is 1. The van der Waals surface area contributed by atoms with Crippen LogP contribution in [0.1, 0.15) is 50.5 Å². The minimum atomic E-state index is -0.679. The second-order valence-corrected chi connectivity index (χ2v) is 6.88. The van der Waals surface area contributed by atoms with Gasteiger partial charge in [-0.2, -0.15) is 5.10 Å². The third-order valence-electron chi connectivity index (χ3n) is 4.55. The van der Waals surface area contributed by atoms with Crippen LogP contribution in [0, 0.1) is 10.1 Å². The van der Waals surface area contributed by atoms with Crippen molar-refractivity contribution in [2.75, 3.05) is 6.54 Å². The summed E-state index contributed by atoms with van der Waals surface area (Å²) in [5, 5.41) is 23.6. The molecule has 1 fully saturated rings. The SMILES string of the molecule is CCCCCCCn1cc(CN2C(=O)CN(/N=C/c3ccc([N+](=O)[O-])o3)C2=O)nn1. The normalized spacial score (nSPS) is 14.4. The molecule has 2 aromatic heterocycles. The molecule has 0 unspecified atom stereocenters. The number of hydrogen-bond donors (Lipinski definition) is 0. The predicted molar refractivity (Wildman–Crippen MR) is 104 cm³/mol. The van der Waals surface area contributed by atoms with Crippen molar-refractivity contribution in [3.63, 3.8) is 0 Å². The van der Waals surface area contributed by atoms with Gasteiger partial charge < -0.3 is 4.42 Å². The smallest absolute Gasteiger partial charge is 0.400 e. The van der Waals surface area contributed by atoms with Gasteiger partial charge in [0.25, 0.3) is 5.91 Å². The molecule has 1 aliphatic heterocycles. The summed E-state index contributed by atoms with van der Waals surface area (Å²) >= 11 is 0. The van der Waals surface area contributed by atoms with Gasteiger partial charge in [-0.25, -0.2) is 9.80 Å². The quantitative estimate of drug-likeness (QED) is 0.180. The van der Waals surface area contributed by atoms with Gasteiger partial charge in [0.2, 0.25) is 0 Å². The Morgan fingerprint density at radius 3 is 2.80 bits per heavy atom. The van der Waals surface area contributed by atoms with Gasteiger partial charge in [0.15, 0.2) is 5.76 Å². The average Bonchev–Trinajstić information content (AvgIpc) is 3.43. The first kappa shape index (κ1) is 21.1. The van der Waals surface area contributed by atoms with E-state index in [9.17, 15) is 19.7 Å². The second-order valence-electron chi connectivity index (χ2n) is 6.88. The molecular formula is C18H23N7O5. The molecule has 3 rings (SSSR count). The number of urea groups is 1. The number of aryl methyl sites for hydroxylation is 1. The Kier molecular flexibility index (Phi) is 6.88. The van der Waals surface area contributed by atoms with E-state index >= 15 is 0 Å². The summed E-state index contributed by atoms with van der Waals surface area (Å²) in [5.41, 5.74) is 0.512. The van der Waals surface area contributed by atoms with Gasteiger partial charge in [-0.1, -0.05) is 37.8 Å². The first-order valence-electron chi connectivity index (χ1n) is 9.77. The number of carbonyl (C=O) groups is 2. The standard InChI is InChI=1S/C18H23N7O5/c1-2-3-4-5-6-9-22-11-14(20-21-22)12-23-16(26)13-24(18(23)27)19-10-15-7-8-17(30-15)25(28)29/h7-8,10-11H,2-6,9,12-13H2,1H3/b19-10+. The van der Waals surface area contributed by atoms with E-state index in [2.05, 4.69) is 22.3 Å². The number of nitrogens with zero attached hydrogens (tertiary/aromatic N) is 7. The molecule has 0 aromatic carbocycles. The van der Waals surface area contributed by atoms with E-state index in [0.29, 0.717) is 5.69 Å². The van der Waals surface area contributed by atoms with E-state index in [1.165, 1.54) is 31.4 Å². The molecule has 12 heteroatoms. The number of unbranched alkanes of at least 4 members (excludes halogenated alkanes) is 4. The highest BCUT2D eigenvalue weighted by molar-refractivity contribution is 6.02. The molecule has 2 aromatic rings. The highest BCUT2D eigenvalue weighted by atomic mass is 16.6. The highest BCUT2D eigenvalue weighted by Gasteiger charge is 2.36. The Balaban J connectivity index is 1.53. The van der Waals surface area contributed by atoms with Gasteiger partial charge in [-0.15, -0.1) is 5.10 Å². The Morgan fingerprint density at radius 2 is 2.07 bits per heavy atom. The van der Waals surface area contributed by atoms with Crippen molar-refractivity contribution in [1.82, 2.24) is 24.9 Å². The summed E-state index contributed by atoms with van der Waals surface area (Å²) in [6.45, 7) is 2.68. The maximum absolute atomic E-state index is 12.5. The number of amides is 3. The third kappa shape index (κ3) is 5.27. The minimum Gasteiger partial charge on any atom is -0.400 e. The molecule has 12 nitrogen and oxygen atoms in total. The van der Waals surface area contributed by atoms with Gasteiger partial charge in [0.1, 0.15) is 17.2 Å². The maximum Gasteiger partial charge on any atom is 0.433 e. The van der Waals surface area contributed by atoms with E-state index in [-0.39, 0.29) is 18.8 Å². The molecule has 1 saturated heterocycles. The summed E-state index contributed by atoms with van der Waals surface area (Å²) in [7, 11) is 0. The van der Waals surface area contributed by atoms with Gasteiger partial charge in [-0.3, -0.25) is 24.5 Å². The van der Waals surface area contributed by atoms with Gasteiger partial charge >= 0.3 is 11.9 Å². The zero-order valence-corrected chi connectivity index (χ0v) is 16.6. The van der Waals surface area contributed by atoms with Crippen LogP contribution in [0.5, 0.6) is 0 Å². The molecule has 3 amide bonds. The van der Waals surface area contributed by atoms with Crippen molar-refractivity contribution >= 4 is 24.0 Å². The fraction of sp³-hybridized carbons (Fsp3) is 0.500. The lowest BCUT2D eigenvalue weighted by atomic mass is 10.1. The second kappa shape index (κ2) is 9.76. The molecule has 0 N–H and O–H groups in total. The Morgan fingerprint density at radius 1 is 1.27 bits per heavy atom. The largest absolute Gasteiger partial charge is 0.433 e. The van der Waals surface area contributed by atoms with Crippen LogP contribution in [0.25, 0.3) is 0 Å². The van der Waals surface area contributed by atoms with Crippen molar-refractivity contribution in [1.29, 1.82) is 0 Å². The summed E-state index contributed by atoms with van der Waals surface area (Å²) in [6.07, 6.45) is 8.60. The van der Waals surface area contributed by atoms with Crippen molar-refractivity contribution in [3.8, 4) is 0 Å². The Bertz CT molecular complexity index is 935. The van der Waals surface area contributed by atoms with E-state index in [4.69, 9.17) is 4.42 Å².